The second kappa shape index (κ2) is 6.26. The third-order valence-corrected chi connectivity index (χ3v) is 5.57. The average molecular weight is 346 g/mol. The zero-order valence-electron chi connectivity index (χ0n) is 13.8. The number of thiophene rings is 1. The van der Waals surface area contributed by atoms with Gasteiger partial charge >= 0.3 is 0 Å². The van der Waals surface area contributed by atoms with Gasteiger partial charge < -0.3 is 4.57 Å². The summed E-state index contributed by atoms with van der Waals surface area (Å²) < 4.78 is 2.34. The highest BCUT2D eigenvalue weighted by Gasteiger charge is 2.26. The molecule has 0 spiro atoms. The van der Waals surface area contributed by atoms with Crippen molar-refractivity contribution < 1.29 is 4.79 Å². The molecule has 6 heteroatoms. The summed E-state index contributed by atoms with van der Waals surface area (Å²) in [6.07, 6.45) is 1.83. The number of carbonyl (C=O) groups is 1. The van der Waals surface area contributed by atoms with Gasteiger partial charge in [-0.15, -0.1) is 22.7 Å². The smallest absolute Gasteiger partial charge is 0.268 e. The van der Waals surface area contributed by atoms with Crippen molar-refractivity contribution in [1.82, 2.24) is 4.57 Å². The van der Waals surface area contributed by atoms with Crippen molar-refractivity contribution in [2.24, 2.45) is 12.5 Å². The molecular formula is C17H18N2O2S2. The van der Waals surface area contributed by atoms with Crippen LogP contribution in [0.15, 0.2) is 16.2 Å². The molecule has 0 amide bonds. The second-order valence-electron chi connectivity index (χ2n) is 6.31. The fraction of sp³-hybridized carbons (Fsp3) is 0.353. The number of aromatic nitrogens is 1. The van der Waals surface area contributed by atoms with Crippen LogP contribution in [0.5, 0.6) is 0 Å². The van der Waals surface area contributed by atoms with E-state index in [2.05, 4.69) is 0 Å². The number of thiazole rings is 1. The van der Waals surface area contributed by atoms with Crippen LogP contribution in [0.1, 0.15) is 31.2 Å². The van der Waals surface area contributed by atoms with Crippen LogP contribution in [0.25, 0.3) is 11.6 Å². The van der Waals surface area contributed by atoms with E-state index in [0.29, 0.717) is 9.20 Å². The zero-order valence-corrected chi connectivity index (χ0v) is 15.4. The number of ketones is 1. The molecule has 120 valence electrons. The number of Topliss-reactive ketones (excluding diaryl/α,β-unsaturated/α-hetero) is 1. The normalized spacial score (nSPS) is 13.8. The summed E-state index contributed by atoms with van der Waals surface area (Å²) in [6, 6.07) is 3.97. The molecule has 2 aromatic heterocycles. The highest BCUT2D eigenvalue weighted by Crippen LogP contribution is 2.19. The van der Waals surface area contributed by atoms with Gasteiger partial charge in [0.1, 0.15) is 16.3 Å². The van der Waals surface area contributed by atoms with Gasteiger partial charge in [-0.05, 0) is 30.0 Å². The Kier molecular flexibility index (Phi) is 4.73. The van der Waals surface area contributed by atoms with Gasteiger partial charge in [-0.1, -0.05) is 20.8 Å². The van der Waals surface area contributed by atoms with Crippen molar-refractivity contribution in [2.45, 2.75) is 27.7 Å². The summed E-state index contributed by atoms with van der Waals surface area (Å²) >= 11 is 2.75. The Morgan fingerprint density at radius 1 is 1.39 bits per heavy atom. The highest BCUT2D eigenvalue weighted by atomic mass is 32.1. The topological polar surface area (TPSA) is 62.9 Å². The lowest BCUT2D eigenvalue weighted by atomic mass is 9.87. The molecule has 0 saturated carbocycles. The molecule has 2 aromatic rings. The van der Waals surface area contributed by atoms with Gasteiger partial charge in [-0.25, -0.2) is 0 Å². The lowest BCUT2D eigenvalue weighted by molar-refractivity contribution is -0.120. The van der Waals surface area contributed by atoms with E-state index in [1.54, 1.807) is 39.2 Å². The summed E-state index contributed by atoms with van der Waals surface area (Å²) in [5.74, 6) is -0.254. The molecule has 0 fully saturated rings. The van der Waals surface area contributed by atoms with Gasteiger partial charge in [0, 0.05) is 17.3 Å². The van der Waals surface area contributed by atoms with Crippen molar-refractivity contribution >= 4 is 40.1 Å². The van der Waals surface area contributed by atoms with E-state index in [1.807, 2.05) is 30.5 Å². The molecule has 23 heavy (non-hydrogen) atoms. The molecular weight excluding hydrogens is 328 g/mol. The van der Waals surface area contributed by atoms with Crippen molar-refractivity contribution in [3.8, 4) is 6.07 Å². The van der Waals surface area contributed by atoms with E-state index in [9.17, 15) is 14.9 Å². The second-order valence-corrected chi connectivity index (χ2v) is 8.29. The number of nitrogens with zero attached hydrogens (tertiary/aromatic N) is 2. The number of rotatable bonds is 2. The quantitative estimate of drug-likeness (QED) is 0.835. The maximum Gasteiger partial charge on any atom is 0.268 e. The largest absolute Gasteiger partial charge is 0.301 e. The first kappa shape index (κ1) is 17.4. The first-order chi connectivity index (χ1) is 10.7. The Hall–Kier alpha value is -1.97. The predicted molar refractivity (Wildman–Crippen MR) is 94.9 cm³/mol. The monoisotopic (exact) mass is 346 g/mol. The van der Waals surface area contributed by atoms with Crippen molar-refractivity contribution in [3.63, 3.8) is 0 Å². The summed E-state index contributed by atoms with van der Waals surface area (Å²) in [6.45, 7) is 7.28. The van der Waals surface area contributed by atoms with E-state index in [-0.39, 0.29) is 16.9 Å². The molecule has 0 bridgehead atoms. The summed E-state index contributed by atoms with van der Waals surface area (Å²) in [7, 11) is 1.60. The van der Waals surface area contributed by atoms with Crippen LogP contribution in [0, 0.1) is 23.7 Å². The lowest BCUT2D eigenvalue weighted by Gasteiger charge is -2.15. The molecule has 0 aromatic carbocycles. The number of carbonyl (C=O) groups excluding carboxylic acids is 1. The Labute approximate surface area is 142 Å². The molecule has 2 rings (SSSR count). The third kappa shape index (κ3) is 3.36. The van der Waals surface area contributed by atoms with Crippen molar-refractivity contribution in [1.29, 1.82) is 5.26 Å². The summed E-state index contributed by atoms with van der Waals surface area (Å²) in [5.41, 5.74) is 0.290. The number of hydrogen-bond donors (Lipinski definition) is 0. The maximum atomic E-state index is 12.5. The van der Waals surface area contributed by atoms with Gasteiger partial charge in [0.15, 0.2) is 5.78 Å². The van der Waals surface area contributed by atoms with Crippen LogP contribution >= 0.6 is 22.7 Å². The molecule has 0 saturated heterocycles. The van der Waals surface area contributed by atoms with Gasteiger partial charge in [-0.2, -0.15) is 5.26 Å². The molecule has 2 heterocycles. The molecule has 0 atom stereocenters. The van der Waals surface area contributed by atoms with E-state index >= 15 is 0 Å². The molecule has 0 N–H and O–H groups in total. The number of aryl methyl sites for hydroxylation is 1. The van der Waals surface area contributed by atoms with Crippen LogP contribution < -0.4 is 14.8 Å². The minimum Gasteiger partial charge on any atom is -0.301 e. The van der Waals surface area contributed by atoms with Crippen LogP contribution in [-0.4, -0.2) is 10.4 Å². The fourth-order valence-corrected chi connectivity index (χ4v) is 4.01. The minimum absolute atomic E-state index is 0.0460. The van der Waals surface area contributed by atoms with Crippen LogP contribution in [-0.2, 0) is 11.8 Å². The van der Waals surface area contributed by atoms with Gasteiger partial charge in [-0.3, -0.25) is 9.59 Å². The minimum atomic E-state index is -0.667. The Morgan fingerprint density at radius 2 is 2.04 bits per heavy atom. The van der Waals surface area contributed by atoms with E-state index in [0.717, 1.165) is 10.4 Å². The third-order valence-electron chi connectivity index (χ3n) is 3.42. The Balaban J connectivity index is 2.80. The summed E-state index contributed by atoms with van der Waals surface area (Å²) in [4.78, 5) is 25.9. The van der Waals surface area contributed by atoms with E-state index in [1.165, 1.54) is 15.9 Å². The first-order valence-electron chi connectivity index (χ1n) is 7.07. The predicted octanol–water partition coefficient (Wildman–Crippen LogP) is 1.94. The SMILES string of the molecule is Cc1ccsc1C=c1sc(=C(C#N)C(=O)C(C)(C)C)n(C)c1=O. The fourth-order valence-electron chi connectivity index (χ4n) is 2.01. The molecule has 0 unspecified atom stereocenters. The molecule has 0 aliphatic rings. The van der Waals surface area contributed by atoms with Gasteiger partial charge in [0.2, 0.25) is 0 Å². The zero-order chi connectivity index (χ0) is 17.4. The van der Waals surface area contributed by atoms with Crippen LogP contribution in [0.2, 0.25) is 0 Å². The molecule has 4 nitrogen and oxygen atoms in total. The standard InChI is InChI=1S/C17H18N2O2S2/c1-10-6-7-22-12(10)8-13-15(21)19(5)16(23-13)11(9-18)14(20)17(2,3)4/h6-8H,1-5H3. The Morgan fingerprint density at radius 3 is 2.52 bits per heavy atom. The van der Waals surface area contributed by atoms with Gasteiger partial charge in [0.25, 0.3) is 5.56 Å². The highest BCUT2D eigenvalue weighted by molar-refractivity contribution is 7.11. The molecule has 0 aliphatic carbocycles. The number of hydrogen-bond acceptors (Lipinski definition) is 5. The average Bonchev–Trinajstić information content (AvgIpc) is 2.99. The first-order valence-corrected chi connectivity index (χ1v) is 8.77. The number of nitriles is 1. The van der Waals surface area contributed by atoms with E-state index in [4.69, 9.17) is 0 Å². The van der Waals surface area contributed by atoms with Crippen LogP contribution in [0.3, 0.4) is 0 Å². The summed E-state index contributed by atoms with van der Waals surface area (Å²) in [5, 5.41) is 11.4. The van der Waals surface area contributed by atoms with E-state index < -0.39 is 5.41 Å². The van der Waals surface area contributed by atoms with Crippen molar-refractivity contribution in [2.75, 3.05) is 0 Å². The van der Waals surface area contributed by atoms with Crippen LogP contribution in [0.4, 0.5) is 0 Å². The van der Waals surface area contributed by atoms with Gasteiger partial charge in [0.05, 0.1) is 4.53 Å². The van der Waals surface area contributed by atoms with Crippen molar-refractivity contribution in [3.05, 3.63) is 41.4 Å². The maximum absolute atomic E-state index is 12.5. The Bertz CT molecular complexity index is 976. The lowest BCUT2D eigenvalue weighted by Crippen LogP contribution is -2.32. The molecule has 0 radical (unpaired) electrons. The molecule has 0 aliphatic heterocycles.